The van der Waals surface area contributed by atoms with E-state index in [4.69, 9.17) is 5.73 Å². The minimum atomic E-state index is 0.373. The normalized spacial score (nSPS) is 20.9. The number of nitrogens with two attached hydrogens (primary N) is 1. The average Bonchev–Trinajstić information content (AvgIpc) is 2.78. The Bertz CT molecular complexity index is 578. The molecule has 2 aromatic rings. The van der Waals surface area contributed by atoms with Crippen molar-refractivity contribution in [2.24, 2.45) is 5.41 Å². The van der Waals surface area contributed by atoms with Gasteiger partial charge in [-0.1, -0.05) is 43.7 Å². The molecule has 1 aliphatic rings. The molecule has 1 unspecified atom stereocenters. The lowest BCUT2D eigenvalue weighted by Gasteiger charge is -2.06. The molecule has 94 valence electrons. The fraction of sp³-hybridized carbons (Fsp3) is 0.400. The Morgan fingerprint density at radius 1 is 1.28 bits per heavy atom. The van der Waals surface area contributed by atoms with Crippen LogP contribution in [0.4, 0.5) is 5.82 Å². The molecule has 1 saturated carbocycles. The monoisotopic (exact) mass is 241 g/mol. The molecule has 1 fully saturated rings. The highest BCUT2D eigenvalue weighted by Crippen LogP contribution is 2.60. The topological polar surface area (TPSA) is 54.7 Å². The molecule has 0 spiro atoms. The summed E-state index contributed by atoms with van der Waals surface area (Å²) in [6.07, 6.45) is 1.20. The van der Waals surface area contributed by atoms with Crippen LogP contribution >= 0.6 is 0 Å². The van der Waals surface area contributed by atoms with Gasteiger partial charge in [0.1, 0.15) is 0 Å². The molecule has 3 heteroatoms. The Balaban J connectivity index is 2.06. The van der Waals surface area contributed by atoms with Crippen molar-refractivity contribution in [2.45, 2.75) is 33.1 Å². The molecule has 3 rings (SSSR count). The van der Waals surface area contributed by atoms with Gasteiger partial charge in [-0.25, -0.2) is 0 Å². The smallest absolute Gasteiger partial charge is 0.153 e. The predicted molar refractivity (Wildman–Crippen MR) is 74.3 cm³/mol. The van der Waals surface area contributed by atoms with E-state index in [-0.39, 0.29) is 0 Å². The summed E-state index contributed by atoms with van der Waals surface area (Å²) >= 11 is 0. The van der Waals surface area contributed by atoms with Gasteiger partial charge in [0.2, 0.25) is 0 Å². The number of aromatic amines is 1. The second kappa shape index (κ2) is 3.61. The molecule has 1 aliphatic carbocycles. The first-order valence-electron chi connectivity index (χ1n) is 6.40. The minimum Gasteiger partial charge on any atom is -0.382 e. The highest BCUT2D eigenvalue weighted by molar-refractivity contribution is 5.77. The van der Waals surface area contributed by atoms with Crippen LogP contribution in [0.3, 0.4) is 0 Å². The third kappa shape index (κ3) is 1.70. The Kier molecular flexibility index (Phi) is 2.27. The molecule has 0 saturated heterocycles. The zero-order chi connectivity index (χ0) is 12.9. The highest BCUT2D eigenvalue weighted by atomic mass is 15.2. The first-order chi connectivity index (χ1) is 8.49. The Morgan fingerprint density at radius 2 is 1.89 bits per heavy atom. The summed E-state index contributed by atoms with van der Waals surface area (Å²) in [4.78, 5) is 0. The van der Waals surface area contributed by atoms with Crippen molar-refractivity contribution >= 4 is 5.82 Å². The van der Waals surface area contributed by atoms with Crippen LogP contribution in [-0.4, -0.2) is 10.2 Å². The van der Waals surface area contributed by atoms with E-state index in [1.807, 2.05) is 0 Å². The van der Waals surface area contributed by atoms with Gasteiger partial charge in [-0.15, -0.1) is 0 Å². The molecule has 3 nitrogen and oxygen atoms in total. The Morgan fingerprint density at radius 3 is 2.44 bits per heavy atom. The second-order valence-electron chi connectivity index (χ2n) is 6.01. The number of nitrogens with one attached hydrogen (secondary N) is 1. The molecule has 18 heavy (non-hydrogen) atoms. The number of hydrogen-bond donors (Lipinski definition) is 2. The lowest BCUT2D eigenvalue weighted by molar-refractivity contribution is 0.615. The maximum Gasteiger partial charge on any atom is 0.153 e. The number of nitrogens with zero attached hydrogens (tertiary/aromatic N) is 1. The summed E-state index contributed by atoms with van der Waals surface area (Å²) in [5, 5.41) is 7.32. The number of aryl methyl sites for hydroxylation is 1. The zero-order valence-corrected chi connectivity index (χ0v) is 11.1. The van der Waals surface area contributed by atoms with E-state index in [1.165, 1.54) is 17.7 Å². The van der Waals surface area contributed by atoms with Crippen LogP contribution in [0.1, 0.15) is 37.4 Å². The van der Waals surface area contributed by atoms with Crippen LogP contribution in [0.15, 0.2) is 24.3 Å². The van der Waals surface area contributed by atoms with Crippen LogP contribution in [0.2, 0.25) is 0 Å². The van der Waals surface area contributed by atoms with Crippen molar-refractivity contribution in [3.8, 4) is 11.1 Å². The van der Waals surface area contributed by atoms with Crippen molar-refractivity contribution in [3.63, 3.8) is 0 Å². The van der Waals surface area contributed by atoms with Crippen molar-refractivity contribution in [1.82, 2.24) is 10.2 Å². The quantitative estimate of drug-likeness (QED) is 0.845. The molecule has 0 aliphatic heterocycles. The Labute approximate surface area is 107 Å². The first kappa shape index (κ1) is 11.3. The number of H-pyrrole nitrogens is 1. The van der Waals surface area contributed by atoms with Crippen LogP contribution in [0.5, 0.6) is 0 Å². The van der Waals surface area contributed by atoms with Crippen LogP contribution in [0.25, 0.3) is 11.1 Å². The van der Waals surface area contributed by atoms with Gasteiger partial charge in [0.25, 0.3) is 0 Å². The molecule has 1 aromatic carbocycles. The second-order valence-corrected chi connectivity index (χ2v) is 6.01. The van der Waals surface area contributed by atoms with Gasteiger partial charge >= 0.3 is 0 Å². The van der Waals surface area contributed by atoms with E-state index in [2.05, 4.69) is 55.2 Å². The van der Waals surface area contributed by atoms with Crippen LogP contribution in [0, 0.1) is 12.3 Å². The molecular weight excluding hydrogens is 222 g/mol. The van der Waals surface area contributed by atoms with Gasteiger partial charge < -0.3 is 5.73 Å². The van der Waals surface area contributed by atoms with Crippen molar-refractivity contribution < 1.29 is 0 Å². The fourth-order valence-electron chi connectivity index (χ4n) is 2.61. The van der Waals surface area contributed by atoms with Gasteiger partial charge in [0.15, 0.2) is 5.82 Å². The van der Waals surface area contributed by atoms with Crippen LogP contribution in [-0.2, 0) is 0 Å². The van der Waals surface area contributed by atoms with Gasteiger partial charge in [-0.2, -0.15) is 5.10 Å². The molecule has 3 N–H and O–H groups in total. The third-order valence-corrected chi connectivity index (χ3v) is 4.02. The minimum absolute atomic E-state index is 0.373. The largest absolute Gasteiger partial charge is 0.382 e. The van der Waals surface area contributed by atoms with Crippen molar-refractivity contribution in [3.05, 3.63) is 35.5 Å². The number of aromatic nitrogens is 2. The van der Waals surface area contributed by atoms with E-state index in [0.29, 0.717) is 17.2 Å². The number of nitrogen functional groups attached to an aromatic ring is 1. The van der Waals surface area contributed by atoms with E-state index >= 15 is 0 Å². The summed E-state index contributed by atoms with van der Waals surface area (Å²) in [5.41, 5.74) is 11.1. The van der Waals surface area contributed by atoms with Gasteiger partial charge in [-0.3, -0.25) is 5.10 Å². The van der Waals surface area contributed by atoms with Gasteiger partial charge in [0, 0.05) is 17.2 Å². The molecule has 0 bridgehead atoms. The third-order valence-electron chi connectivity index (χ3n) is 4.02. The molecular formula is C15H19N3. The summed E-state index contributed by atoms with van der Waals surface area (Å²) < 4.78 is 0. The van der Waals surface area contributed by atoms with E-state index in [0.717, 1.165) is 11.1 Å². The lowest BCUT2D eigenvalue weighted by atomic mass is 9.99. The SMILES string of the molecule is Cc1ccc(-c2c(N)n[nH]c2C2CC2(C)C)cc1. The van der Waals surface area contributed by atoms with E-state index in [1.54, 1.807) is 0 Å². The number of rotatable bonds is 2. The summed E-state index contributed by atoms with van der Waals surface area (Å²) in [7, 11) is 0. The van der Waals surface area contributed by atoms with Crippen LogP contribution < -0.4 is 5.73 Å². The molecule has 1 atom stereocenters. The maximum atomic E-state index is 6.02. The lowest BCUT2D eigenvalue weighted by Crippen LogP contribution is -1.94. The summed E-state index contributed by atoms with van der Waals surface area (Å²) in [6.45, 7) is 6.66. The number of hydrogen-bond acceptors (Lipinski definition) is 2. The van der Waals surface area contributed by atoms with E-state index in [9.17, 15) is 0 Å². The predicted octanol–water partition coefficient (Wildman–Crippen LogP) is 3.48. The molecule has 1 heterocycles. The molecule has 1 aromatic heterocycles. The molecule has 0 amide bonds. The van der Waals surface area contributed by atoms with Gasteiger partial charge in [-0.05, 0) is 24.3 Å². The standard InChI is InChI=1S/C15H19N3/c1-9-4-6-10(7-5-9)12-13(17-18-14(12)16)11-8-15(11,2)3/h4-7,11H,8H2,1-3H3,(H3,16,17,18). The fourth-order valence-corrected chi connectivity index (χ4v) is 2.61. The van der Waals surface area contributed by atoms with Crippen molar-refractivity contribution in [1.29, 1.82) is 0 Å². The Hall–Kier alpha value is -1.77. The first-order valence-corrected chi connectivity index (χ1v) is 6.40. The van der Waals surface area contributed by atoms with E-state index < -0.39 is 0 Å². The molecule has 0 radical (unpaired) electrons. The zero-order valence-electron chi connectivity index (χ0n) is 11.1. The van der Waals surface area contributed by atoms with Gasteiger partial charge in [0.05, 0.1) is 0 Å². The van der Waals surface area contributed by atoms with Crippen molar-refractivity contribution in [2.75, 3.05) is 5.73 Å². The maximum absolute atomic E-state index is 6.02. The average molecular weight is 241 g/mol. The summed E-state index contributed by atoms with van der Waals surface area (Å²) in [5.74, 6) is 1.16. The number of anilines is 1. The summed E-state index contributed by atoms with van der Waals surface area (Å²) in [6, 6.07) is 8.47. The highest BCUT2D eigenvalue weighted by Gasteiger charge is 2.48. The number of benzene rings is 1.